The molecule has 6 nitrogen and oxygen atoms in total. The third-order valence-corrected chi connectivity index (χ3v) is 4.81. The molecule has 6 heteroatoms. The first-order valence-electron chi connectivity index (χ1n) is 8.36. The summed E-state index contributed by atoms with van der Waals surface area (Å²) in [6.45, 7) is 4.51. The molecule has 2 aliphatic rings. The number of H-pyrrole nitrogens is 1. The summed E-state index contributed by atoms with van der Waals surface area (Å²) in [6, 6.07) is 0. The topological polar surface area (TPSA) is 62.4 Å². The number of aromatic amines is 1. The quantitative estimate of drug-likeness (QED) is 0.833. The summed E-state index contributed by atoms with van der Waals surface area (Å²) in [5.41, 5.74) is 2.46. The Labute approximate surface area is 132 Å². The maximum atomic E-state index is 6.09. The van der Waals surface area contributed by atoms with Crippen LogP contribution < -0.4 is 5.32 Å². The van der Waals surface area contributed by atoms with Crippen molar-refractivity contribution in [1.82, 2.24) is 20.4 Å². The van der Waals surface area contributed by atoms with Crippen LogP contribution >= 0.6 is 0 Å². The molecule has 22 heavy (non-hydrogen) atoms. The lowest BCUT2D eigenvalue weighted by Gasteiger charge is -2.36. The molecule has 2 saturated heterocycles. The number of aromatic nitrogens is 2. The molecule has 1 aromatic heterocycles. The van der Waals surface area contributed by atoms with Crippen LogP contribution in [-0.2, 0) is 16.0 Å². The Hall–Kier alpha value is -0.950. The molecule has 0 unspecified atom stereocenters. The molecule has 3 heterocycles. The Morgan fingerprint density at radius 3 is 3.05 bits per heavy atom. The zero-order valence-corrected chi connectivity index (χ0v) is 13.7. The van der Waals surface area contributed by atoms with Gasteiger partial charge in [-0.15, -0.1) is 0 Å². The Morgan fingerprint density at radius 1 is 1.45 bits per heavy atom. The summed E-state index contributed by atoms with van der Waals surface area (Å²) >= 11 is 0. The lowest BCUT2D eigenvalue weighted by Crippen LogP contribution is -2.38. The van der Waals surface area contributed by atoms with Gasteiger partial charge in [0.2, 0.25) is 0 Å². The first-order valence-corrected chi connectivity index (χ1v) is 8.36. The van der Waals surface area contributed by atoms with Crippen molar-refractivity contribution < 1.29 is 9.47 Å². The summed E-state index contributed by atoms with van der Waals surface area (Å²) in [6.07, 6.45) is 6.27. The number of rotatable bonds is 6. The highest BCUT2D eigenvalue weighted by atomic mass is 16.7. The minimum atomic E-state index is -0.281. The number of likely N-dealkylation sites (N-methyl/N-ethyl adjacent to an activating group) is 2. The zero-order chi connectivity index (χ0) is 15.4. The van der Waals surface area contributed by atoms with Gasteiger partial charge >= 0.3 is 0 Å². The predicted octanol–water partition coefficient (Wildman–Crippen LogP) is 1.46. The molecular weight excluding hydrogens is 280 g/mol. The number of nitrogens with zero attached hydrogens (tertiary/aromatic N) is 2. The largest absolute Gasteiger partial charge is 0.350 e. The molecule has 2 fully saturated rings. The molecule has 0 radical (unpaired) electrons. The highest BCUT2D eigenvalue weighted by Crippen LogP contribution is 2.40. The lowest BCUT2D eigenvalue weighted by molar-refractivity contribution is -0.234. The molecule has 0 saturated carbocycles. The van der Waals surface area contributed by atoms with E-state index in [4.69, 9.17) is 9.47 Å². The van der Waals surface area contributed by atoms with E-state index in [0.717, 1.165) is 58.5 Å². The first-order chi connectivity index (χ1) is 10.7. The number of hydrogen-bond acceptors (Lipinski definition) is 5. The van der Waals surface area contributed by atoms with E-state index in [1.54, 1.807) is 0 Å². The molecule has 0 amide bonds. The van der Waals surface area contributed by atoms with Gasteiger partial charge in [-0.1, -0.05) is 0 Å². The standard InChI is InChI=1S/C16H28N4O2/c1-17-7-8-20(2)11-14-10-18-19-15(14)13-4-6-16(22-12-13)5-3-9-21-16/h10,13,17H,3-9,11-12H2,1-2H3,(H,18,19)/t13-,16-/m0/s1. The van der Waals surface area contributed by atoms with E-state index in [2.05, 4.69) is 27.5 Å². The lowest BCUT2D eigenvalue weighted by atomic mass is 9.90. The van der Waals surface area contributed by atoms with E-state index in [1.807, 2.05) is 13.2 Å². The number of nitrogens with one attached hydrogen (secondary N) is 2. The fourth-order valence-corrected chi connectivity index (χ4v) is 3.48. The van der Waals surface area contributed by atoms with E-state index < -0.39 is 0 Å². The average Bonchev–Trinajstić information content (AvgIpc) is 3.16. The molecule has 0 aromatic carbocycles. The second kappa shape index (κ2) is 7.08. The molecule has 1 aromatic rings. The fourth-order valence-electron chi connectivity index (χ4n) is 3.48. The third kappa shape index (κ3) is 3.51. The van der Waals surface area contributed by atoms with E-state index in [0.29, 0.717) is 5.92 Å². The van der Waals surface area contributed by atoms with Crippen molar-refractivity contribution in [3.8, 4) is 0 Å². The smallest absolute Gasteiger partial charge is 0.168 e. The van der Waals surface area contributed by atoms with Crippen LogP contribution in [0.5, 0.6) is 0 Å². The Bertz CT molecular complexity index is 460. The van der Waals surface area contributed by atoms with E-state index >= 15 is 0 Å². The summed E-state index contributed by atoms with van der Waals surface area (Å²) in [5.74, 6) is 0.102. The van der Waals surface area contributed by atoms with Crippen LogP contribution in [0.2, 0.25) is 0 Å². The number of hydrogen-bond donors (Lipinski definition) is 2. The van der Waals surface area contributed by atoms with Gasteiger partial charge in [-0.25, -0.2) is 0 Å². The SMILES string of the molecule is CNCCN(C)Cc1c[nH]nc1[C@H]1CC[C@]2(CCCO2)OC1. The summed E-state index contributed by atoms with van der Waals surface area (Å²) in [4.78, 5) is 2.32. The Balaban J connectivity index is 1.58. The molecule has 2 aliphatic heterocycles. The summed E-state index contributed by atoms with van der Waals surface area (Å²) in [7, 11) is 4.13. The van der Waals surface area contributed by atoms with Crippen LogP contribution in [0.25, 0.3) is 0 Å². The van der Waals surface area contributed by atoms with Crippen LogP contribution in [0.1, 0.15) is 42.9 Å². The van der Waals surface area contributed by atoms with Crippen LogP contribution in [0.3, 0.4) is 0 Å². The van der Waals surface area contributed by atoms with Crippen LogP contribution in [0.15, 0.2) is 6.20 Å². The molecule has 124 valence electrons. The van der Waals surface area contributed by atoms with Gasteiger partial charge in [-0.3, -0.25) is 5.10 Å². The van der Waals surface area contributed by atoms with Crippen LogP contribution in [-0.4, -0.2) is 61.3 Å². The third-order valence-electron chi connectivity index (χ3n) is 4.81. The average molecular weight is 308 g/mol. The fraction of sp³-hybridized carbons (Fsp3) is 0.812. The van der Waals surface area contributed by atoms with E-state index in [1.165, 1.54) is 11.3 Å². The second-order valence-corrected chi connectivity index (χ2v) is 6.55. The zero-order valence-electron chi connectivity index (χ0n) is 13.7. The van der Waals surface area contributed by atoms with Gasteiger partial charge in [-0.2, -0.15) is 5.10 Å². The van der Waals surface area contributed by atoms with E-state index in [-0.39, 0.29) is 5.79 Å². The molecule has 1 spiro atoms. The van der Waals surface area contributed by atoms with Gasteiger partial charge in [0, 0.05) is 50.2 Å². The molecule has 0 aliphatic carbocycles. The molecular formula is C16H28N4O2. The van der Waals surface area contributed by atoms with Gasteiger partial charge < -0.3 is 19.7 Å². The molecule has 2 atom stereocenters. The minimum Gasteiger partial charge on any atom is -0.350 e. The van der Waals surface area contributed by atoms with Crippen LogP contribution in [0.4, 0.5) is 0 Å². The molecule has 0 bridgehead atoms. The maximum absolute atomic E-state index is 6.09. The minimum absolute atomic E-state index is 0.281. The summed E-state index contributed by atoms with van der Waals surface area (Å²) in [5, 5.41) is 10.7. The van der Waals surface area contributed by atoms with Gasteiger partial charge in [0.15, 0.2) is 5.79 Å². The van der Waals surface area contributed by atoms with Crippen molar-refractivity contribution in [2.45, 2.75) is 43.9 Å². The van der Waals surface area contributed by atoms with Crippen molar-refractivity contribution in [2.75, 3.05) is 40.4 Å². The maximum Gasteiger partial charge on any atom is 0.168 e. The number of ether oxygens (including phenoxy) is 2. The van der Waals surface area contributed by atoms with Crippen molar-refractivity contribution >= 4 is 0 Å². The predicted molar refractivity (Wildman–Crippen MR) is 84.7 cm³/mol. The Kier molecular flexibility index (Phi) is 5.13. The highest BCUT2D eigenvalue weighted by Gasteiger charge is 2.41. The Morgan fingerprint density at radius 2 is 2.36 bits per heavy atom. The van der Waals surface area contributed by atoms with E-state index in [9.17, 15) is 0 Å². The van der Waals surface area contributed by atoms with Gasteiger partial charge in [-0.05, 0) is 26.9 Å². The monoisotopic (exact) mass is 308 g/mol. The van der Waals surface area contributed by atoms with Gasteiger partial charge in [0.1, 0.15) is 0 Å². The van der Waals surface area contributed by atoms with Crippen molar-refractivity contribution in [3.05, 3.63) is 17.5 Å². The van der Waals surface area contributed by atoms with Crippen molar-refractivity contribution in [2.24, 2.45) is 0 Å². The van der Waals surface area contributed by atoms with Crippen molar-refractivity contribution in [3.63, 3.8) is 0 Å². The second-order valence-electron chi connectivity index (χ2n) is 6.55. The van der Waals surface area contributed by atoms with Gasteiger partial charge in [0.25, 0.3) is 0 Å². The first kappa shape index (κ1) is 15.9. The van der Waals surface area contributed by atoms with Crippen LogP contribution in [0, 0.1) is 0 Å². The molecule has 2 N–H and O–H groups in total. The van der Waals surface area contributed by atoms with Gasteiger partial charge in [0.05, 0.1) is 18.9 Å². The molecule has 3 rings (SSSR count). The summed E-state index contributed by atoms with van der Waals surface area (Å²) < 4.78 is 11.9. The normalized spacial score (nSPS) is 28.8. The highest BCUT2D eigenvalue weighted by molar-refractivity contribution is 5.21. The van der Waals surface area contributed by atoms with Crippen molar-refractivity contribution in [1.29, 1.82) is 0 Å².